The highest BCUT2D eigenvalue weighted by Crippen LogP contribution is 2.26. The summed E-state index contributed by atoms with van der Waals surface area (Å²) in [5, 5.41) is 16.6. The molecule has 0 unspecified atom stereocenters. The molecule has 3 rings (SSSR count). The van der Waals surface area contributed by atoms with Gasteiger partial charge in [0.15, 0.2) is 0 Å². The van der Waals surface area contributed by atoms with E-state index in [4.69, 9.17) is 0 Å². The lowest BCUT2D eigenvalue weighted by Crippen LogP contribution is -2.32. The molecule has 0 fully saturated rings. The van der Waals surface area contributed by atoms with Gasteiger partial charge in [-0.3, -0.25) is 14.9 Å². The Morgan fingerprint density at radius 1 is 1.24 bits per heavy atom. The number of nitrogens with zero attached hydrogens (tertiary/aromatic N) is 1. The first-order valence-corrected chi connectivity index (χ1v) is 6.53. The van der Waals surface area contributed by atoms with Crippen LogP contribution in [0.3, 0.4) is 0 Å². The number of amides is 1. The lowest BCUT2D eigenvalue weighted by molar-refractivity contribution is -0.384. The fourth-order valence-electron chi connectivity index (χ4n) is 2.38. The molecule has 1 aliphatic rings. The number of para-hydroxylation sites is 1. The summed E-state index contributed by atoms with van der Waals surface area (Å²) < 4.78 is 0. The van der Waals surface area contributed by atoms with E-state index in [1.165, 1.54) is 12.1 Å². The summed E-state index contributed by atoms with van der Waals surface area (Å²) in [6, 6.07) is 13.3. The highest BCUT2D eigenvalue weighted by atomic mass is 16.6. The van der Waals surface area contributed by atoms with Crippen molar-refractivity contribution in [3.63, 3.8) is 0 Å². The molecule has 106 valence electrons. The van der Waals surface area contributed by atoms with Crippen molar-refractivity contribution in [2.24, 2.45) is 0 Å². The van der Waals surface area contributed by atoms with Gasteiger partial charge < -0.3 is 10.6 Å². The zero-order valence-corrected chi connectivity index (χ0v) is 11.1. The number of benzene rings is 2. The normalized spacial score (nSPS) is 15.9. The van der Waals surface area contributed by atoms with Gasteiger partial charge in [0.1, 0.15) is 6.04 Å². The first-order chi connectivity index (χ1) is 10.1. The van der Waals surface area contributed by atoms with E-state index in [1.54, 1.807) is 12.1 Å². The average molecular weight is 283 g/mol. The van der Waals surface area contributed by atoms with Crippen LogP contribution in [0.4, 0.5) is 17.1 Å². The lowest BCUT2D eigenvalue weighted by atomic mass is 10.1. The standard InChI is InChI=1S/C15H13N3O3/c19-15(14-8-10-4-1-2-7-13(10)17-14)16-11-5-3-6-12(9-11)18(20)21/h1-7,9,14,17H,8H2,(H,16,19)/t14-/m0/s1. The Morgan fingerprint density at radius 2 is 2.05 bits per heavy atom. The van der Waals surface area contributed by atoms with Crippen molar-refractivity contribution in [3.8, 4) is 0 Å². The number of non-ortho nitro benzene ring substituents is 1. The predicted molar refractivity (Wildman–Crippen MR) is 79.3 cm³/mol. The summed E-state index contributed by atoms with van der Waals surface area (Å²) in [7, 11) is 0. The van der Waals surface area contributed by atoms with Crippen molar-refractivity contribution in [2.75, 3.05) is 10.6 Å². The summed E-state index contributed by atoms with van der Waals surface area (Å²) in [6.45, 7) is 0. The molecule has 6 nitrogen and oxygen atoms in total. The quantitative estimate of drug-likeness (QED) is 0.669. The summed E-state index contributed by atoms with van der Waals surface area (Å²) in [5.74, 6) is -0.202. The molecule has 0 bridgehead atoms. The third-order valence-corrected chi connectivity index (χ3v) is 3.41. The van der Waals surface area contributed by atoms with Crippen molar-refractivity contribution in [2.45, 2.75) is 12.5 Å². The second-order valence-corrected chi connectivity index (χ2v) is 4.85. The van der Waals surface area contributed by atoms with E-state index in [-0.39, 0.29) is 17.6 Å². The summed E-state index contributed by atoms with van der Waals surface area (Å²) in [6.07, 6.45) is 0.608. The molecular formula is C15H13N3O3. The van der Waals surface area contributed by atoms with Gasteiger partial charge in [-0.25, -0.2) is 0 Å². The molecule has 1 amide bonds. The van der Waals surface area contributed by atoms with E-state index in [0.717, 1.165) is 11.3 Å². The van der Waals surface area contributed by atoms with E-state index >= 15 is 0 Å². The van der Waals surface area contributed by atoms with Crippen LogP contribution in [-0.2, 0) is 11.2 Å². The maximum absolute atomic E-state index is 12.2. The number of anilines is 2. The number of hydrogen-bond donors (Lipinski definition) is 2. The van der Waals surface area contributed by atoms with E-state index < -0.39 is 4.92 Å². The van der Waals surface area contributed by atoms with Crippen molar-refractivity contribution >= 4 is 23.0 Å². The Labute approximate surface area is 120 Å². The van der Waals surface area contributed by atoms with Crippen molar-refractivity contribution in [1.29, 1.82) is 0 Å². The second-order valence-electron chi connectivity index (χ2n) is 4.85. The van der Waals surface area contributed by atoms with E-state index in [1.807, 2.05) is 24.3 Å². The van der Waals surface area contributed by atoms with Crippen LogP contribution in [0, 0.1) is 10.1 Å². The van der Waals surface area contributed by atoms with Gasteiger partial charge in [-0.1, -0.05) is 24.3 Å². The molecule has 21 heavy (non-hydrogen) atoms. The Hall–Kier alpha value is -2.89. The fourth-order valence-corrected chi connectivity index (χ4v) is 2.38. The Balaban J connectivity index is 1.71. The van der Waals surface area contributed by atoms with Gasteiger partial charge in [0.25, 0.3) is 5.69 Å². The van der Waals surface area contributed by atoms with Gasteiger partial charge in [0, 0.05) is 29.9 Å². The molecule has 0 saturated carbocycles. The molecular weight excluding hydrogens is 270 g/mol. The minimum absolute atomic E-state index is 0.0459. The number of nitro groups is 1. The number of hydrogen-bond acceptors (Lipinski definition) is 4. The summed E-state index contributed by atoms with van der Waals surface area (Å²) in [4.78, 5) is 22.5. The van der Waals surface area contributed by atoms with Crippen LogP contribution in [0.5, 0.6) is 0 Å². The zero-order chi connectivity index (χ0) is 14.8. The Morgan fingerprint density at radius 3 is 2.81 bits per heavy atom. The van der Waals surface area contributed by atoms with Crippen LogP contribution >= 0.6 is 0 Å². The van der Waals surface area contributed by atoms with Crippen LogP contribution in [-0.4, -0.2) is 16.9 Å². The Bertz CT molecular complexity index is 690. The highest BCUT2D eigenvalue weighted by molar-refractivity contribution is 5.98. The molecule has 0 radical (unpaired) electrons. The smallest absolute Gasteiger partial charge is 0.271 e. The first kappa shape index (κ1) is 13.1. The van der Waals surface area contributed by atoms with E-state index in [0.29, 0.717) is 12.1 Å². The zero-order valence-electron chi connectivity index (χ0n) is 11.1. The second kappa shape index (κ2) is 5.24. The average Bonchev–Trinajstić information content (AvgIpc) is 2.91. The van der Waals surface area contributed by atoms with Crippen LogP contribution in [0.15, 0.2) is 48.5 Å². The number of nitro benzene ring substituents is 1. The molecule has 0 spiro atoms. The van der Waals surface area contributed by atoms with Gasteiger partial charge >= 0.3 is 0 Å². The topological polar surface area (TPSA) is 84.3 Å². The van der Waals surface area contributed by atoms with Crippen LogP contribution < -0.4 is 10.6 Å². The van der Waals surface area contributed by atoms with Crippen LogP contribution in [0.25, 0.3) is 0 Å². The third-order valence-electron chi connectivity index (χ3n) is 3.41. The van der Waals surface area contributed by atoms with Gasteiger partial charge in [-0.15, -0.1) is 0 Å². The fraction of sp³-hybridized carbons (Fsp3) is 0.133. The van der Waals surface area contributed by atoms with Crippen molar-refractivity contribution in [3.05, 3.63) is 64.2 Å². The maximum Gasteiger partial charge on any atom is 0.271 e. The number of carbonyl (C=O) groups excluding carboxylic acids is 1. The van der Waals surface area contributed by atoms with Crippen LogP contribution in [0.2, 0.25) is 0 Å². The molecule has 0 aliphatic carbocycles. The molecule has 0 saturated heterocycles. The number of fused-ring (bicyclic) bond motifs is 1. The first-order valence-electron chi connectivity index (χ1n) is 6.53. The molecule has 1 aliphatic heterocycles. The van der Waals surface area contributed by atoms with Gasteiger partial charge in [0.2, 0.25) is 5.91 Å². The van der Waals surface area contributed by atoms with Crippen molar-refractivity contribution in [1.82, 2.24) is 0 Å². The van der Waals surface area contributed by atoms with Gasteiger partial charge in [-0.2, -0.15) is 0 Å². The Kier molecular flexibility index (Phi) is 3.27. The minimum Gasteiger partial charge on any atom is -0.373 e. The van der Waals surface area contributed by atoms with Crippen molar-refractivity contribution < 1.29 is 9.72 Å². The highest BCUT2D eigenvalue weighted by Gasteiger charge is 2.26. The van der Waals surface area contributed by atoms with E-state index in [9.17, 15) is 14.9 Å². The monoisotopic (exact) mass is 283 g/mol. The molecule has 1 heterocycles. The number of carbonyl (C=O) groups is 1. The molecule has 1 atom stereocenters. The maximum atomic E-state index is 12.2. The number of rotatable bonds is 3. The number of nitrogens with one attached hydrogen (secondary N) is 2. The third kappa shape index (κ3) is 2.69. The van der Waals surface area contributed by atoms with Crippen LogP contribution in [0.1, 0.15) is 5.56 Å². The summed E-state index contributed by atoms with van der Waals surface area (Å²) >= 11 is 0. The largest absolute Gasteiger partial charge is 0.373 e. The molecule has 2 N–H and O–H groups in total. The molecule has 2 aromatic carbocycles. The predicted octanol–water partition coefficient (Wildman–Crippen LogP) is 2.57. The minimum atomic E-state index is -0.487. The molecule has 2 aromatic rings. The lowest BCUT2D eigenvalue weighted by Gasteiger charge is -2.11. The van der Waals surface area contributed by atoms with Gasteiger partial charge in [-0.05, 0) is 17.7 Å². The molecule has 6 heteroatoms. The molecule has 0 aromatic heterocycles. The van der Waals surface area contributed by atoms with E-state index in [2.05, 4.69) is 10.6 Å². The SMILES string of the molecule is O=C(Nc1cccc([N+](=O)[O-])c1)[C@@H]1Cc2ccccc2N1. The van der Waals surface area contributed by atoms with Gasteiger partial charge in [0.05, 0.1) is 4.92 Å². The summed E-state index contributed by atoms with van der Waals surface area (Å²) in [5.41, 5.74) is 2.43.